The van der Waals surface area contributed by atoms with Crippen molar-refractivity contribution < 1.29 is 8.57 Å². The topological polar surface area (TPSA) is 18.5 Å². The van der Waals surface area contributed by atoms with Crippen molar-refractivity contribution in [2.45, 2.75) is 39.0 Å². The van der Waals surface area contributed by atoms with Gasteiger partial charge in [-0.15, -0.1) is 0 Å². The van der Waals surface area contributed by atoms with Gasteiger partial charge in [-0.3, -0.25) is 0 Å². The van der Waals surface area contributed by atoms with Crippen LogP contribution in [0.2, 0.25) is 0 Å². The first-order chi connectivity index (χ1) is 5.91. The third-order valence-electron chi connectivity index (χ3n) is 1.70. The summed E-state index contributed by atoms with van der Waals surface area (Å²) in [5, 5.41) is 0. The molecule has 0 rings (SSSR count). The highest BCUT2D eigenvalue weighted by atomic mass is 79.9. The largest absolute Gasteiger partial charge is 0.379 e. The molecule has 0 aliphatic carbocycles. The lowest BCUT2D eigenvalue weighted by atomic mass is 10.2. The lowest BCUT2D eigenvalue weighted by Gasteiger charge is -2.01. The maximum Gasteiger partial charge on any atom is 0.0988 e. The summed E-state index contributed by atoms with van der Waals surface area (Å²) in [7, 11) is 0. The summed E-state index contributed by atoms with van der Waals surface area (Å²) in [5.41, 5.74) is 0. The molecule has 74 valence electrons. The molecular weight excluding hydrogens is 220 g/mol. The summed E-state index contributed by atoms with van der Waals surface area (Å²) in [5.74, 6) is 0. The molecule has 0 bridgehead atoms. The van der Waals surface area contributed by atoms with Crippen molar-refractivity contribution in [2.75, 3.05) is 19.8 Å². The molecule has 0 saturated carbocycles. The van der Waals surface area contributed by atoms with Crippen molar-refractivity contribution >= 4 is 16.3 Å². The van der Waals surface area contributed by atoms with E-state index in [1.54, 1.807) is 0 Å². The molecule has 0 heterocycles. The Hall–Kier alpha value is 0.400. The molecule has 0 unspecified atom stereocenters. The average molecular weight is 239 g/mol. The van der Waals surface area contributed by atoms with E-state index in [-0.39, 0.29) is 0 Å². The third-order valence-corrected chi connectivity index (χ3v) is 2.02. The monoisotopic (exact) mass is 238 g/mol. The predicted octanol–water partition coefficient (Wildman–Crippen LogP) is 3.30. The number of rotatable bonds is 9. The van der Waals surface area contributed by atoms with Gasteiger partial charge in [-0.05, 0) is 6.42 Å². The zero-order valence-corrected chi connectivity index (χ0v) is 9.44. The second-order valence-corrected chi connectivity index (χ2v) is 3.30. The van der Waals surface area contributed by atoms with Crippen molar-refractivity contribution in [3.63, 3.8) is 0 Å². The minimum atomic E-state index is 0.634. The van der Waals surface area contributed by atoms with E-state index >= 15 is 0 Å². The molecule has 0 aromatic heterocycles. The molecule has 3 heteroatoms. The molecule has 0 spiro atoms. The average Bonchev–Trinajstić information content (AvgIpc) is 2.10. The summed E-state index contributed by atoms with van der Waals surface area (Å²) in [6.07, 6.45) is 6.48. The van der Waals surface area contributed by atoms with Gasteiger partial charge in [0.15, 0.2) is 0 Å². The summed E-state index contributed by atoms with van der Waals surface area (Å²) in [6, 6.07) is 0. The van der Waals surface area contributed by atoms with Gasteiger partial charge in [0, 0.05) is 6.61 Å². The predicted molar refractivity (Wildman–Crippen MR) is 54.5 cm³/mol. The quantitative estimate of drug-likeness (QED) is 0.575. The van der Waals surface area contributed by atoms with E-state index in [0.717, 1.165) is 6.61 Å². The van der Waals surface area contributed by atoms with Crippen molar-refractivity contribution in [3.05, 3.63) is 0 Å². The SMILES string of the molecule is CCCCCCCOCCOBr. The highest BCUT2D eigenvalue weighted by Crippen LogP contribution is 2.02. The van der Waals surface area contributed by atoms with E-state index in [2.05, 4.69) is 27.0 Å². The Bertz CT molecular complexity index is 68.9. The van der Waals surface area contributed by atoms with E-state index in [0.29, 0.717) is 13.2 Å². The molecule has 2 nitrogen and oxygen atoms in total. The highest BCUT2D eigenvalue weighted by molar-refractivity contribution is 9.06. The van der Waals surface area contributed by atoms with Crippen LogP contribution in [0.15, 0.2) is 0 Å². The summed E-state index contributed by atoms with van der Waals surface area (Å²) in [4.78, 5) is 0. The van der Waals surface area contributed by atoms with Crippen LogP contribution < -0.4 is 0 Å². The fraction of sp³-hybridized carbons (Fsp3) is 1.00. The molecule has 12 heavy (non-hydrogen) atoms. The first-order valence-corrected chi connectivity index (χ1v) is 5.37. The molecule has 0 atom stereocenters. The fourth-order valence-corrected chi connectivity index (χ4v) is 1.13. The van der Waals surface area contributed by atoms with Gasteiger partial charge >= 0.3 is 0 Å². The van der Waals surface area contributed by atoms with Gasteiger partial charge in [0.1, 0.15) is 0 Å². The molecule has 0 amide bonds. The Morgan fingerprint density at radius 3 is 2.33 bits per heavy atom. The first-order valence-electron chi connectivity index (χ1n) is 4.73. The zero-order chi connectivity index (χ0) is 9.07. The third kappa shape index (κ3) is 10.4. The minimum Gasteiger partial charge on any atom is -0.379 e. The Morgan fingerprint density at radius 2 is 1.67 bits per heavy atom. The molecule has 0 aromatic rings. The van der Waals surface area contributed by atoms with Gasteiger partial charge < -0.3 is 8.57 Å². The van der Waals surface area contributed by atoms with E-state index < -0.39 is 0 Å². The Balaban J connectivity index is 2.73. The van der Waals surface area contributed by atoms with Crippen LogP contribution in [-0.2, 0) is 8.57 Å². The van der Waals surface area contributed by atoms with Gasteiger partial charge in [0.2, 0.25) is 0 Å². The van der Waals surface area contributed by atoms with Gasteiger partial charge in [-0.2, -0.15) is 0 Å². The van der Waals surface area contributed by atoms with Gasteiger partial charge in [0.05, 0.1) is 29.5 Å². The van der Waals surface area contributed by atoms with Gasteiger partial charge in [-0.25, -0.2) is 0 Å². The lowest BCUT2D eigenvalue weighted by molar-refractivity contribution is 0.106. The molecule has 0 radical (unpaired) electrons. The first kappa shape index (κ1) is 12.4. The fourth-order valence-electron chi connectivity index (χ4n) is 1.00. The Morgan fingerprint density at radius 1 is 0.917 bits per heavy atom. The Labute approximate surface area is 84.1 Å². The molecule has 0 N–H and O–H groups in total. The van der Waals surface area contributed by atoms with Crippen LogP contribution >= 0.6 is 16.3 Å². The molecule has 0 aliphatic heterocycles. The van der Waals surface area contributed by atoms with Gasteiger partial charge in [0.25, 0.3) is 0 Å². The molecular formula is C9H19BrO2. The zero-order valence-electron chi connectivity index (χ0n) is 7.85. The van der Waals surface area contributed by atoms with Crippen LogP contribution in [0.3, 0.4) is 0 Å². The van der Waals surface area contributed by atoms with E-state index in [9.17, 15) is 0 Å². The summed E-state index contributed by atoms with van der Waals surface area (Å²) < 4.78 is 9.97. The van der Waals surface area contributed by atoms with Crippen molar-refractivity contribution in [2.24, 2.45) is 0 Å². The van der Waals surface area contributed by atoms with Crippen LogP contribution in [-0.4, -0.2) is 19.8 Å². The van der Waals surface area contributed by atoms with Crippen molar-refractivity contribution in [1.29, 1.82) is 0 Å². The van der Waals surface area contributed by atoms with Crippen molar-refractivity contribution in [1.82, 2.24) is 0 Å². The lowest BCUT2D eigenvalue weighted by Crippen LogP contribution is -2.01. The number of hydrogen-bond donors (Lipinski definition) is 0. The number of ether oxygens (including phenoxy) is 1. The summed E-state index contributed by atoms with van der Waals surface area (Å²) >= 11 is 2.87. The van der Waals surface area contributed by atoms with E-state index in [1.165, 1.54) is 32.1 Å². The minimum absolute atomic E-state index is 0.634. The maximum absolute atomic E-state index is 5.30. The number of hydrogen-bond acceptors (Lipinski definition) is 2. The molecule has 0 aromatic carbocycles. The molecule has 0 aliphatic rings. The number of unbranched alkanes of at least 4 members (excludes halogenated alkanes) is 4. The number of halogens is 1. The Kier molecular flexibility index (Phi) is 11.8. The van der Waals surface area contributed by atoms with Crippen LogP contribution in [0.5, 0.6) is 0 Å². The van der Waals surface area contributed by atoms with E-state index in [1.807, 2.05) is 0 Å². The van der Waals surface area contributed by atoms with Crippen LogP contribution in [0.25, 0.3) is 0 Å². The van der Waals surface area contributed by atoms with E-state index in [4.69, 9.17) is 4.74 Å². The highest BCUT2D eigenvalue weighted by Gasteiger charge is 1.89. The normalized spacial score (nSPS) is 10.5. The molecule has 0 saturated heterocycles. The molecule has 0 fully saturated rings. The smallest absolute Gasteiger partial charge is 0.0988 e. The summed E-state index contributed by atoms with van der Waals surface area (Å²) in [6.45, 7) is 4.43. The van der Waals surface area contributed by atoms with Crippen LogP contribution in [0.1, 0.15) is 39.0 Å². The van der Waals surface area contributed by atoms with Gasteiger partial charge in [-0.1, -0.05) is 32.6 Å². The van der Waals surface area contributed by atoms with Crippen LogP contribution in [0, 0.1) is 0 Å². The second-order valence-electron chi connectivity index (χ2n) is 2.84. The standard InChI is InChI=1S/C9H19BrO2/c1-2-3-4-5-6-7-11-8-9-12-10/h2-9H2,1H3. The second kappa shape index (κ2) is 11.4. The maximum atomic E-state index is 5.30. The van der Waals surface area contributed by atoms with Crippen LogP contribution in [0.4, 0.5) is 0 Å². The van der Waals surface area contributed by atoms with Crippen molar-refractivity contribution in [3.8, 4) is 0 Å².